The number of para-hydroxylation sites is 1. The van der Waals surface area contributed by atoms with Crippen LogP contribution in [-0.2, 0) is 24.1 Å². The number of carbonyl (C=O) groups excluding carboxylic acids is 2. The fraction of sp³-hybridized carbons (Fsp3) is 0.261. The molecule has 0 fully saturated rings. The third kappa shape index (κ3) is 4.32. The maximum absolute atomic E-state index is 13.7. The summed E-state index contributed by atoms with van der Waals surface area (Å²) in [5.74, 6) is -2.46. The van der Waals surface area contributed by atoms with Crippen LogP contribution in [-0.4, -0.2) is 28.2 Å². The van der Waals surface area contributed by atoms with Crippen molar-refractivity contribution in [2.45, 2.75) is 32.6 Å². The van der Waals surface area contributed by atoms with Crippen LogP contribution in [0.2, 0.25) is 0 Å². The van der Waals surface area contributed by atoms with E-state index in [1.54, 1.807) is 6.07 Å². The number of benzene rings is 2. The van der Waals surface area contributed by atoms with Crippen molar-refractivity contribution >= 4 is 11.8 Å². The third-order valence-corrected chi connectivity index (χ3v) is 5.32. The van der Waals surface area contributed by atoms with E-state index >= 15 is 0 Å². The number of fused-ring (bicyclic) bond motifs is 1. The first-order valence-corrected chi connectivity index (χ1v) is 10.3. The zero-order chi connectivity index (χ0) is 22.7. The minimum Gasteiger partial charge on any atom is -0.483 e. The Morgan fingerprint density at radius 2 is 1.91 bits per heavy atom. The van der Waals surface area contributed by atoms with Gasteiger partial charge in [0.2, 0.25) is 0 Å². The molecule has 1 aromatic heterocycles. The van der Waals surface area contributed by atoms with Gasteiger partial charge in [-0.3, -0.25) is 20.4 Å². The lowest BCUT2D eigenvalue weighted by Gasteiger charge is -2.11. The Kier molecular flexibility index (Phi) is 6.16. The standard InChI is InChI=1S/C23H22F2N4O3/c1-2-14-6-3-4-9-20(14)32-13-21(30)26-27-23(31)22-16-7-5-8-19(16)29(28-22)15-10-11-17(24)18(25)12-15/h3-4,6,9-12H,2,5,7-8,13H2,1H3,(H,26,30)(H,27,31). The summed E-state index contributed by atoms with van der Waals surface area (Å²) in [6.45, 7) is 1.72. The van der Waals surface area contributed by atoms with Gasteiger partial charge in [0.05, 0.1) is 5.69 Å². The molecule has 0 unspecified atom stereocenters. The summed E-state index contributed by atoms with van der Waals surface area (Å²) in [5.41, 5.74) is 7.62. The maximum Gasteiger partial charge on any atom is 0.290 e. The molecule has 0 atom stereocenters. The topological polar surface area (TPSA) is 85.2 Å². The molecule has 3 aromatic rings. The van der Waals surface area contributed by atoms with E-state index in [-0.39, 0.29) is 12.3 Å². The molecule has 1 heterocycles. The van der Waals surface area contributed by atoms with Crippen LogP contribution >= 0.6 is 0 Å². The molecule has 2 N–H and O–H groups in total. The number of rotatable bonds is 6. The monoisotopic (exact) mass is 440 g/mol. The Balaban J connectivity index is 1.42. The number of ether oxygens (including phenoxy) is 1. The Bertz CT molecular complexity index is 1180. The van der Waals surface area contributed by atoms with Crippen molar-refractivity contribution in [2.24, 2.45) is 0 Å². The van der Waals surface area contributed by atoms with E-state index in [0.29, 0.717) is 24.3 Å². The highest BCUT2D eigenvalue weighted by atomic mass is 19.2. The number of amides is 2. The second-order valence-electron chi connectivity index (χ2n) is 7.39. The van der Waals surface area contributed by atoms with E-state index in [2.05, 4.69) is 16.0 Å². The zero-order valence-electron chi connectivity index (χ0n) is 17.5. The highest BCUT2D eigenvalue weighted by Crippen LogP contribution is 2.28. The molecule has 1 aliphatic rings. The Morgan fingerprint density at radius 3 is 2.69 bits per heavy atom. The molecule has 1 aliphatic carbocycles. The molecule has 2 amide bonds. The van der Waals surface area contributed by atoms with Crippen molar-refractivity contribution in [1.82, 2.24) is 20.6 Å². The predicted octanol–water partition coefficient (Wildman–Crippen LogP) is 3.04. The van der Waals surface area contributed by atoms with Gasteiger partial charge in [-0.2, -0.15) is 5.10 Å². The third-order valence-electron chi connectivity index (χ3n) is 5.32. The summed E-state index contributed by atoms with van der Waals surface area (Å²) in [5, 5.41) is 4.30. The summed E-state index contributed by atoms with van der Waals surface area (Å²) in [4.78, 5) is 24.8. The van der Waals surface area contributed by atoms with Crippen LogP contribution in [0, 0.1) is 11.6 Å². The average molecular weight is 440 g/mol. The molecule has 0 bridgehead atoms. The van der Waals surface area contributed by atoms with Gasteiger partial charge in [-0.25, -0.2) is 13.5 Å². The van der Waals surface area contributed by atoms with Gasteiger partial charge in [0.15, 0.2) is 23.9 Å². The van der Waals surface area contributed by atoms with Crippen LogP contribution in [0.15, 0.2) is 42.5 Å². The van der Waals surface area contributed by atoms with E-state index in [9.17, 15) is 18.4 Å². The first-order valence-electron chi connectivity index (χ1n) is 10.3. The van der Waals surface area contributed by atoms with Crippen molar-refractivity contribution in [3.8, 4) is 11.4 Å². The number of aromatic nitrogens is 2. The minimum absolute atomic E-state index is 0.139. The highest BCUT2D eigenvalue weighted by Gasteiger charge is 2.27. The number of carbonyl (C=O) groups is 2. The van der Waals surface area contributed by atoms with Gasteiger partial charge in [-0.1, -0.05) is 25.1 Å². The second-order valence-corrected chi connectivity index (χ2v) is 7.39. The fourth-order valence-electron chi connectivity index (χ4n) is 3.75. The van der Waals surface area contributed by atoms with Crippen LogP contribution in [0.4, 0.5) is 8.78 Å². The number of aryl methyl sites for hydroxylation is 1. The molecule has 2 aromatic carbocycles. The SMILES string of the molecule is CCc1ccccc1OCC(=O)NNC(=O)c1nn(-c2ccc(F)c(F)c2)c2c1CCC2. The molecule has 0 saturated carbocycles. The molecule has 9 heteroatoms. The molecule has 0 saturated heterocycles. The van der Waals surface area contributed by atoms with E-state index in [1.165, 1.54) is 10.7 Å². The first-order chi connectivity index (χ1) is 15.5. The average Bonchev–Trinajstić information content (AvgIpc) is 3.41. The van der Waals surface area contributed by atoms with E-state index < -0.39 is 23.4 Å². The largest absolute Gasteiger partial charge is 0.483 e. The smallest absolute Gasteiger partial charge is 0.290 e. The first kappa shape index (κ1) is 21.5. The van der Waals surface area contributed by atoms with Crippen molar-refractivity contribution in [3.63, 3.8) is 0 Å². The highest BCUT2D eigenvalue weighted by molar-refractivity contribution is 5.95. The van der Waals surface area contributed by atoms with Crippen LogP contribution in [0.5, 0.6) is 5.75 Å². The van der Waals surface area contributed by atoms with Crippen LogP contribution in [0.3, 0.4) is 0 Å². The Hall–Kier alpha value is -3.75. The van der Waals surface area contributed by atoms with Crippen LogP contribution < -0.4 is 15.6 Å². The lowest BCUT2D eigenvalue weighted by molar-refractivity contribution is -0.123. The molecular weight excluding hydrogens is 418 g/mol. The Morgan fingerprint density at radius 1 is 1.09 bits per heavy atom. The molecule has 0 radical (unpaired) electrons. The molecule has 0 aliphatic heterocycles. The fourth-order valence-corrected chi connectivity index (χ4v) is 3.75. The molecule has 7 nitrogen and oxygen atoms in total. The van der Waals surface area contributed by atoms with E-state index in [4.69, 9.17) is 4.74 Å². The summed E-state index contributed by atoms with van der Waals surface area (Å²) in [6.07, 6.45) is 2.87. The van der Waals surface area contributed by atoms with Gasteiger partial charge in [-0.15, -0.1) is 0 Å². The summed E-state index contributed by atoms with van der Waals surface area (Å²) in [7, 11) is 0. The van der Waals surface area contributed by atoms with Crippen LogP contribution in [0.25, 0.3) is 5.69 Å². The van der Waals surface area contributed by atoms with E-state index in [1.807, 2.05) is 25.1 Å². The number of hydrazine groups is 1. The van der Waals surface area contributed by atoms with E-state index in [0.717, 1.165) is 41.8 Å². The molecule has 32 heavy (non-hydrogen) atoms. The number of nitrogens with zero attached hydrogens (tertiary/aromatic N) is 2. The van der Waals surface area contributed by atoms with Gasteiger partial charge >= 0.3 is 0 Å². The van der Waals surface area contributed by atoms with Crippen molar-refractivity contribution in [3.05, 3.63) is 76.6 Å². The second kappa shape index (κ2) is 9.17. The van der Waals surface area contributed by atoms with Crippen molar-refractivity contribution in [2.75, 3.05) is 6.61 Å². The summed E-state index contributed by atoms with van der Waals surface area (Å²) >= 11 is 0. The minimum atomic E-state index is -0.993. The van der Waals surface area contributed by atoms with Crippen LogP contribution in [0.1, 0.15) is 40.7 Å². The summed E-state index contributed by atoms with van der Waals surface area (Å²) < 4.78 is 34.0. The predicted molar refractivity (Wildman–Crippen MR) is 112 cm³/mol. The van der Waals surface area contributed by atoms with Gasteiger partial charge in [0, 0.05) is 17.3 Å². The lowest BCUT2D eigenvalue weighted by atomic mass is 10.1. The number of nitrogens with one attached hydrogen (secondary N) is 2. The number of hydrogen-bond donors (Lipinski definition) is 2. The normalized spacial score (nSPS) is 12.3. The van der Waals surface area contributed by atoms with Crippen molar-refractivity contribution in [1.29, 1.82) is 0 Å². The van der Waals surface area contributed by atoms with Gasteiger partial charge < -0.3 is 4.74 Å². The molecule has 4 rings (SSSR count). The van der Waals surface area contributed by atoms with Gasteiger partial charge in [0.1, 0.15) is 5.75 Å². The molecular formula is C23H22F2N4O3. The van der Waals surface area contributed by atoms with Crippen molar-refractivity contribution < 1.29 is 23.1 Å². The number of hydrogen-bond acceptors (Lipinski definition) is 4. The summed E-state index contributed by atoms with van der Waals surface area (Å²) in [6, 6.07) is 10.9. The maximum atomic E-state index is 13.7. The number of halogens is 2. The lowest BCUT2D eigenvalue weighted by Crippen LogP contribution is -2.44. The van der Waals surface area contributed by atoms with Gasteiger partial charge in [0.25, 0.3) is 11.8 Å². The Labute approximate surface area is 183 Å². The van der Waals surface area contributed by atoms with Gasteiger partial charge in [-0.05, 0) is 49.4 Å². The quantitative estimate of drug-likeness (QED) is 0.577. The zero-order valence-corrected chi connectivity index (χ0v) is 17.5. The molecule has 166 valence electrons. The molecule has 0 spiro atoms.